The molecule has 0 fully saturated rings. The molecule has 0 amide bonds. The van der Waals surface area contributed by atoms with E-state index in [9.17, 15) is 0 Å². The van der Waals surface area contributed by atoms with Gasteiger partial charge in [0.05, 0.1) is 39.3 Å². The van der Waals surface area contributed by atoms with Crippen LogP contribution in [0.25, 0.3) is 78.1 Å². The monoisotopic (exact) mass is 645 g/mol. The van der Waals surface area contributed by atoms with Gasteiger partial charge in [-0.05, 0) is 42.7 Å². The first kappa shape index (κ1) is 28.9. The molecule has 0 unspecified atom stereocenters. The fraction of sp³-hybridized carbons (Fsp3) is 0. The van der Waals surface area contributed by atoms with Gasteiger partial charge in [-0.2, -0.15) is 0 Å². The zero-order chi connectivity index (χ0) is 32.9. The van der Waals surface area contributed by atoms with Crippen LogP contribution in [0.3, 0.4) is 0 Å². The Morgan fingerprint density at radius 3 is 1.67 bits per heavy atom. The lowest BCUT2D eigenvalue weighted by atomic mass is 9.82. The number of fused-ring (bicyclic) bond motifs is 6. The Morgan fingerprint density at radius 2 is 1.04 bits per heavy atom. The van der Waals surface area contributed by atoms with E-state index in [0.29, 0.717) is 11.4 Å². The minimum absolute atomic E-state index is 0.339. The average molecular weight is 646 g/mol. The van der Waals surface area contributed by atoms with Gasteiger partial charge in [0.1, 0.15) is 5.71 Å². The number of thiol groups is 1. The number of hydrogen-bond donors (Lipinski definition) is 2. The van der Waals surface area contributed by atoms with E-state index in [0.717, 1.165) is 88.7 Å². The van der Waals surface area contributed by atoms with Crippen molar-refractivity contribution in [2.75, 3.05) is 0 Å². The van der Waals surface area contributed by atoms with Crippen molar-refractivity contribution in [3.63, 3.8) is 0 Å². The highest BCUT2D eigenvalue weighted by Gasteiger charge is 2.28. The van der Waals surface area contributed by atoms with Gasteiger partial charge in [0.25, 0.3) is 0 Å². The highest BCUT2D eigenvalue weighted by molar-refractivity contribution is 7.79. The van der Waals surface area contributed by atoms with E-state index in [1.165, 1.54) is 0 Å². The van der Waals surface area contributed by atoms with E-state index >= 15 is 0 Å². The Hall–Kier alpha value is -6.24. The lowest BCUT2D eigenvalue weighted by Crippen LogP contribution is -2.22. The number of nitrogens with one attached hydrogen (secondary N) is 1. The number of para-hydroxylation sites is 1. The maximum absolute atomic E-state index is 9.13. The predicted octanol–water partition coefficient (Wildman–Crippen LogP) is 10.5. The Balaban J connectivity index is 1.18. The van der Waals surface area contributed by atoms with Crippen LogP contribution in [0.2, 0.25) is 0 Å². The molecular formula is C43H27N5S. The summed E-state index contributed by atoms with van der Waals surface area (Å²) < 4.78 is 4.36. The van der Waals surface area contributed by atoms with Gasteiger partial charge in [-0.1, -0.05) is 127 Å². The maximum atomic E-state index is 9.13. The second kappa shape index (κ2) is 11.8. The molecule has 230 valence electrons. The standard InChI is InChI=1S/C43H27N5S/c44-39-33(26-9-3-1-4-10-26)25-34-38(43(39)48-49)32-13-7-8-14-37(32)47-40(34)29-17-15-28(16-18-29)36-24-22-31-20-19-30-21-23-35(27-11-5-2-6-12-27)45-41(30)42(31)46-36/h1-25,44,49H. The molecule has 1 aliphatic rings. The molecule has 5 aromatic carbocycles. The van der Waals surface area contributed by atoms with E-state index in [2.05, 4.69) is 96.1 Å². The Morgan fingerprint density at radius 1 is 0.510 bits per heavy atom. The summed E-state index contributed by atoms with van der Waals surface area (Å²) in [5.74, 6) is 0. The molecule has 0 bridgehead atoms. The molecule has 9 rings (SSSR count). The molecule has 0 saturated heterocycles. The Labute approximate surface area is 288 Å². The van der Waals surface area contributed by atoms with Gasteiger partial charge in [-0.15, -0.1) is 0 Å². The highest BCUT2D eigenvalue weighted by Crippen LogP contribution is 2.39. The summed E-state index contributed by atoms with van der Waals surface area (Å²) in [5.41, 5.74) is 12.7. The highest BCUT2D eigenvalue weighted by atomic mass is 32.1. The summed E-state index contributed by atoms with van der Waals surface area (Å²) in [6, 6.07) is 49.2. The summed E-state index contributed by atoms with van der Waals surface area (Å²) in [5, 5.41) is 12.2. The third-order valence-electron chi connectivity index (χ3n) is 9.19. The molecule has 0 spiro atoms. The van der Waals surface area contributed by atoms with Crippen molar-refractivity contribution in [3.8, 4) is 33.8 Å². The molecule has 49 heavy (non-hydrogen) atoms. The lowest BCUT2D eigenvalue weighted by molar-refractivity contribution is 1.36. The third-order valence-corrected chi connectivity index (χ3v) is 9.39. The van der Waals surface area contributed by atoms with Crippen molar-refractivity contribution < 1.29 is 0 Å². The molecular weight excluding hydrogens is 619 g/mol. The Bertz CT molecular complexity index is 2660. The first-order valence-electron chi connectivity index (χ1n) is 16.0. The summed E-state index contributed by atoms with van der Waals surface area (Å²) in [7, 11) is 0. The largest absolute Gasteiger partial charge is 0.298 e. The molecule has 0 radical (unpaired) electrons. The molecule has 5 nitrogen and oxygen atoms in total. The van der Waals surface area contributed by atoms with Gasteiger partial charge in [0.15, 0.2) is 0 Å². The van der Waals surface area contributed by atoms with Crippen LogP contribution in [0.5, 0.6) is 0 Å². The Kier molecular flexibility index (Phi) is 6.95. The molecule has 0 atom stereocenters. The first-order chi connectivity index (χ1) is 24.2. The number of nitrogens with zero attached hydrogens (tertiary/aromatic N) is 4. The fourth-order valence-electron chi connectivity index (χ4n) is 6.75. The van der Waals surface area contributed by atoms with Crippen molar-refractivity contribution in [1.29, 1.82) is 5.41 Å². The quantitative estimate of drug-likeness (QED) is 0.148. The molecule has 3 aromatic heterocycles. The van der Waals surface area contributed by atoms with Crippen molar-refractivity contribution in [2.24, 2.45) is 4.40 Å². The van der Waals surface area contributed by atoms with Gasteiger partial charge in [-0.3, -0.25) is 5.41 Å². The maximum Gasteiger partial charge on any atom is 0.105 e. The summed E-state index contributed by atoms with van der Waals surface area (Å²) >= 11 is 4.36. The van der Waals surface area contributed by atoms with Crippen molar-refractivity contribution in [1.82, 2.24) is 15.0 Å². The van der Waals surface area contributed by atoms with Crippen LogP contribution in [0.4, 0.5) is 0 Å². The third kappa shape index (κ3) is 4.93. The minimum atomic E-state index is 0.339. The normalized spacial score (nSPS) is 13.6. The van der Waals surface area contributed by atoms with E-state index in [-0.39, 0.29) is 0 Å². The van der Waals surface area contributed by atoms with E-state index in [4.69, 9.17) is 20.4 Å². The van der Waals surface area contributed by atoms with Crippen LogP contribution in [0.15, 0.2) is 150 Å². The number of allylic oxidation sites excluding steroid dienone is 1. The number of rotatable bonds is 4. The van der Waals surface area contributed by atoms with Crippen molar-refractivity contribution in [2.45, 2.75) is 0 Å². The predicted molar refractivity (Wildman–Crippen MR) is 206 cm³/mol. The van der Waals surface area contributed by atoms with Gasteiger partial charge in [-0.25, -0.2) is 19.3 Å². The van der Waals surface area contributed by atoms with Crippen LogP contribution < -0.4 is 0 Å². The van der Waals surface area contributed by atoms with Crippen molar-refractivity contribution in [3.05, 3.63) is 162 Å². The van der Waals surface area contributed by atoms with Crippen LogP contribution in [-0.4, -0.2) is 26.4 Å². The van der Waals surface area contributed by atoms with Crippen molar-refractivity contribution >= 4 is 68.6 Å². The number of hydrogen-bond acceptors (Lipinski definition) is 6. The summed E-state index contributed by atoms with van der Waals surface area (Å²) in [6.07, 6.45) is 2.07. The molecule has 3 heterocycles. The average Bonchev–Trinajstić information content (AvgIpc) is 3.17. The fourth-order valence-corrected chi connectivity index (χ4v) is 6.95. The molecule has 1 N–H and O–H groups in total. The SMILES string of the molecule is N=C1C(c2ccccc2)=Cc2c(-c3ccc(-c4ccc5ccc6ccc(-c7ccccc7)nc6c5n4)cc3)nc3ccccc3c2C1=NS. The number of benzene rings is 5. The summed E-state index contributed by atoms with van der Waals surface area (Å²) in [4.78, 5) is 15.4. The van der Waals surface area contributed by atoms with E-state index < -0.39 is 0 Å². The molecule has 1 aliphatic carbocycles. The van der Waals surface area contributed by atoms with Crippen LogP contribution >= 0.6 is 12.8 Å². The minimum Gasteiger partial charge on any atom is -0.298 e. The topological polar surface area (TPSA) is 74.9 Å². The summed E-state index contributed by atoms with van der Waals surface area (Å²) in [6.45, 7) is 0. The van der Waals surface area contributed by atoms with Gasteiger partial charge < -0.3 is 0 Å². The lowest BCUT2D eigenvalue weighted by Gasteiger charge is -2.23. The van der Waals surface area contributed by atoms with Crippen LogP contribution in [0.1, 0.15) is 16.7 Å². The van der Waals surface area contributed by atoms with Gasteiger partial charge in [0.2, 0.25) is 0 Å². The van der Waals surface area contributed by atoms with Gasteiger partial charge in [0, 0.05) is 49.5 Å². The number of pyridine rings is 3. The zero-order valence-corrected chi connectivity index (χ0v) is 27.1. The van der Waals surface area contributed by atoms with Gasteiger partial charge >= 0.3 is 0 Å². The second-order valence-corrected chi connectivity index (χ2v) is 12.3. The molecule has 6 heteroatoms. The van der Waals surface area contributed by atoms with Crippen LogP contribution in [-0.2, 0) is 0 Å². The van der Waals surface area contributed by atoms with Crippen LogP contribution in [0, 0.1) is 5.41 Å². The van der Waals surface area contributed by atoms with E-state index in [1.54, 1.807) is 0 Å². The van der Waals surface area contributed by atoms with E-state index in [1.807, 2.05) is 72.8 Å². The molecule has 8 aromatic rings. The zero-order valence-electron chi connectivity index (χ0n) is 26.2. The smallest absolute Gasteiger partial charge is 0.105 e. The second-order valence-electron chi connectivity index (χ2n) is 12.1. The molecule has 0 saturated carbocycles. The molecule has 0 aliphatic heterocycles. The number of aromatic nitrogens is 3. The first-order valence-corrected chi connectivity index (χ1v) is 16.4.